The third-order valence-corrected chi connectivity index (χ3v) is 3.68. The summed E-state index contributed by atoms with van der Waals surface area (Å²) in [4.78, 5) is 0. The summed E-state index contributed by atoms with van der Waals surface area (Å²) in [5.41, 5.74) is 7.26. The lowest BCUT2D eigenvalue weighted by Crippen LogP contribution is -2.14. The van der Waals surface area contributed by atoms with Gasteiger partial charge in [0, 0.05) is 6.04 Å². The van der Waals surface area contributed by atoms with Gasteiger partial charge in [0.05, 0.1) is 11.6 Å². The van der Waals surface area contributed by atoms with Crippen molar-refractivity contribution in [2.75, 3.05) is 7.11 Å². The van der Waals surface area contributed by atoms with E-state index in [1.54, 1.807) is 30.3 Å². The second-order valence-corrected chi connectivity index (χ2v) is 5.27. The van der Waals surface area contributed by atoms with Gasteiger partial charge in [-0.15, -0.1) is 0 Å². The van der Waals surface area contributed by atoms with Gasteiger partial charge in [-0.05, 0) is 51.7 Å². The monoisotopic (exact) mass is 341 g/mol. The minimum absolute atomic E-state index is 0.190. The lowest BCUT2D eigenvalue weighted by atomic mass is 9.99. The third kappa shape index (κ3) is 3.16. The topological polar surface area (TPSA) is 35.2 Å². The molecule has 2 nitrogen and oxygen atoms in total. The van der Waals surface area contributed by atoms with E-state index >= 15 is 0 Å². The van der Waals surface area contributed by atoms with Gasteiger partial charge >= 0.3 is 0 Å². The summed E-state index contributed by atoms with van der Waals surface area (Å²) in [6.45, 7) is 0. The number of hydrogen-bond acceptors (Lipinski definition) is 2. The molecule has 0 saturated carbocycles. The normalized spacial score (nSPS) is 12.2. The predicted molar refractivity (Wildman–Crippen MR) is 77.7 cm³/mol. The Morgan fingerprint density at radius 2 is 2.00 bits per heavy atom. The molecule has 0 heterocycles. The fourth-order valence-electron chi connectivity index (χ4n) is 1.97. The van der Waals surface area contributed by atoms with Gasteiger partial charge in [0.2, 0.25) is 0 Å². The number of hydrogen-bond donors (Lipinski definition) is 1. The predicted octanol–water partition coefficient (Wildman–Crippen LogP) is 3.98. The summed E-state index contributed by atoms with van der Waals surface area (Å²) in [5.74, 6) is -0.574. The van der Waals surface area contributed by atoms with Crippen LogP contribution in [0.25, 0.3) is 0 Å². The molecule has 20 heavy (non-hydrogen) atoms. The number of benzene rings is 2. The zero-order valence-electron chi connectivity index (χ0n) is 10.9. The molecular formula is C15H14BrF2NO. The van der Waals surface area contributed by atoms with Crippen LogP contribution in [0.1, 0.15) is 17.2 Å². The number of rotatable bonds is 4. The number of nitrogens with two attached hydrogens (primary N) is 1. The van der Waals surface area contributed by atoms with E-state index < -0.39 is 11.9 Å². The van der Waals surface area contributed by atoms with Gasteiger partial charge < -0.3 is 10.5 Å². The summed E-state index contributed by atoms with van der Waals surface area (Å²) in [6.07, 6.45) is 0.307. The molecule has 2 rings (SSSR count). The van der Waals surface area contributed by atoms with Gasteiger partial charge in [-0.2, -0.15) is 0 Å². The molecule has 0 bridgehead atoms. The highest BCUT2D eigenvalue weighted by Gasteiger charge is 2.14. The van der Waals surface area contributed by atoms with E-state index in [4.69, 9.17) is 10.5 Å². The highest BCUT2D eigenvalue weighted by atomic mass is 79.9. The molecule has 0 saturated heterocycles. The molecule has 0 aromatic heterocycles. The van der Waals surface area contributed by atoms with E-state index in [0.717, 1.165) is 5.56 Å². The smallest absolute Gasteiger partial charge is 0.168 e. The second-order valence-electron chi connectivity index (χ2n) is 4.42. The number of halogens is 3. The first-order valence-corrected chi connectivity index (χ1v) is 6.84. The first-order chi connectivity index (χ1) is 9.52. The Labute approximate surface area is 124 Å². The molecule has 2 aromatic rings. The fraction of sp³-hybridized carbons (Fsp3) is 0.200. The third-order valence-electron chi connectivity index (χ3n) is 3.07. The molecule has 0 spiro atoms. The van der Waals surface area contributed by atoms with Crippen LogP contribution in [-0.2, 0) is 6.42 Å². The van der Waals surface area contributed by atoms with E-state index in [1.165, 1.54) is 13.2 Å². The van der Waals surface area contributed by atoms with Crippen LogP contribution in [0.5, 0.6) is 5.75 Å². The summed E-state index contributed by atoms with van der Waals surface area (Å²) in [6, 6.07) is 9.05. The molecule has 0 aliphatic carbocycles. The summed E-state index contributed by atoms with van der Waals surface area (Å²) in [5, 5.41) is 0. The molecular weight excluding hydrogens is 328 g/mol. The zero-order valence-corrected chi connectivity index (χ0v) is 12.5. The maximum Gasteiger partial charge on any atom is 0.168 e. The molecule has 1 unspecified atom stereocenters. The van der Waals surface area contributed by atoms with Crippen molar-refractivity contribution >= 4 is 15.9 Å². The fourth-order valence-corrected chi connectivity index (χ4v) is 2.37. The van der Waals surface area contributed by atoms with Gasteiger partial charge in [0.15, 0.2) is 11.6 Å². The van der Waals surface area contributed by atoms with Crippen LogP contribution in [0.15, 0.2) is 40.9 Å². The number of methoxy groups -OCH3 is 1. The quantitative estimate of drug-likeness (QED) is 0.912. The number of ether oxygens (including phenoxy) is 1. The lowest BCUT2D eigenvalue weighted by molar-refractivity contribution is 0.383. The van der Waals surface area contributed by atoms with Crippen LogP contribution < -0.4 is 10.5 Å². The largest absolute Gasteiger partial charge is 0.494 e. The van der Waals surface area contributed by atoms with Crippen molar-refractivity contribution < 1.29 is 13.5 Å². The van der Waals surface area contributed by atoms with Crippen molar-refractivity contribution in [3.8, 4) is 5.75 Å². The van der Waals surface area contributed by atoms with Crippen LogP contribution in [0.3, 0.4) is 0 Å². The van der Waals surface area contributed by atoms with Gasteiger partial charge in [0.1, 0.15) is 5.82 Å². The minimum Gasteiger partial charge on any atom is -0.494 e. The molecule has 0 aliphatic rings. The molecule has 106 valence electrons. The molecule has 0 amide bonds. The average Bonchev–Trinajstić information content (AvgIpc) is 2.44. The summed E-state index contributed by atoms with van der Waals surface area (Å²) < 4.78 is 32.5. The van der Waals surface area contributed by atoms with Crippen molar-refractivity contribution in [2.24, 2.45) is 5.73 Å². The van der Waals surface area contributed by atoms with Gasteiger partial charge in [0.25, 0.3) is 0 Å². The van der Waals surface area contributed by atoms with E-state index in [1.807, 2.05) is 0 Å². The Hall–Kier alpha value is -1.46. The zero-order chi connectivity index (χ0) is 14.7. The van der Waals surface area contributed by atoms with E-state index in [0.29, 0.717) is 16.5 Å². The maximum absolute atomic E-state index is 14.0. The Bertz CT molecular complexity index is 619. The van der Waals surface area contributed by atoms with Gasteiger partial charge in [-0.1, -0.05) is 18.2 Å². The molecule has 2 aromatic carbocycles. The molecule has 0 radical (unpaired) electrons. The average molecular weight is 342 g/mol. The van der Waals surface area contributed by atoms with Crippen molar-refractivity contribution in [2.45, 2.75) is 12.5 Å². The lowest BCUT2D eigenvalue weighted by Gasteiger charge is -2.14. The van der Waals surface area contributed by atoms with Crippen molar-refractivity contribution in [3.05, 3.63) is 63.6 Å². The van der Waals surface area contributed by atoms with Crippen molar-refractivity contribution in [3.63, 3.8) is 0 Å². The summed E-state index contributed by atoms with van der Waals surface area (Å²) >= 11 is 3.11. The van der Waals surface area contributed by atoms with E-state index in [9.17, 15) is 8.78 Å². The van der Waals surface area contributed by atoms with Crippen LogP contribution in [-0.4, -0.2) is 7.11 Å². The molecule has 0 fully saturated rings. The Kier molecular flexibility index (Phi) is 4.73. The van der Waals surface area contributed by atoms with Gasteiger partial charge in [-0.3, -0.25) is 0 Å². The van der Waals surface area contributed by atoms with Crippen molar-refractivity contribution in [1.82, 2.24) is 0 Å². The first kappa shape index (κ1) is 14.9. The Balaban J connectivity index is 2.23. The van der Waals surface area contributed by atoms with Crippen LogP contribution in [0, 0.1) is 11.6 Å². The molecule has 2 N–H and O–H groups in total. The standard InChI is InChI=1S/C15H14BrF2NO/c1-20-14-4-2-3-10(15(14)18)8-13(19)9-5-6-12(17)11(16)7-9/h2-7,13H,8,19H2,1H3. The van der Waals surface area contributed by atoms with E-state index in [-0.39, 0.29) is 11.6 Å². The molecule has 1 atom stereocenters. The summed E-state index contributed by atoms with van der Waals surface area (Å²) in [7, 11) is 1.42. The minimum atomic E-state index is -0.423. The maximum atomic E-state index is 14.0. The Morgan fingerprint density at radius 3 is 2.65 bits per heavy atom. The first-order valence-electron chi connectivity index (χ1n) is 6.05. The van der Waals surface area contributed by atoms with Crippen LogP contribution in [0.4, 0.5) is 8.78 Å². The highest BCUT2D eigenvalue weighted by molar-refractivity contribution is 9.10. The Morgan fingerprint density at radius 1 is 1.25 bits per heavy atom. The molecule has 0 aliphatic heterocycles. The molecule has 5 heteroatoms. The van der Waals surface area contributed by atoms with E-state index in [2.05, 4.69) is 15.9 Å². The van der Waals surface area contributed by atoms with Gasteiger partial charge in [-0.25, -0.2) is 8.78 Å². The van der Waals surface area contributed by atoms with Crippen LogP contribution in [0.2, 0.25) is 0 Å². The highest BCUT2D eigenvalue weighted by Crippen LogP contribution is 2.26. The SMILES string of the molecule is COc1cccc(CC(N)c2ccc(F)c(Br)c2)c1F. The van der Waals surface area contributed by atoms with Crippen molar-refractivity contribution in [1.29, 1.82) is 0 Å². The van der Waals surface area contributed by atoms with Crippen LogP contribution >= 0.6 is 15.9 Å². The second kappa shape index (κ2) is 6.33.